The lowest BCUT2D eigenvalue weighted by atomic mass is 10.1. The third-order valence-electron chi connectivity index (χ3n) is 3.41. The molecule has 0 aliphatic rings. The van der Waals surface area contributed by atoms with E-state index in [0.717, 1.165) is 20.8 Å². The summed E-state index contributed by atoms with van der Waals surface area (Å²) in [5, 5.41) is 2.37. The quantitative estimate of drug-likeness (QED) is 0.502. The van der Waals surface area contributed by atoms with Crippen molar-refractivity contribution in [3.8, 4) is 5.75 Å². The van der Waals surface area contributed by atoms with E-state index in [2.05, 4.69) is 56.1 Å². The Morgan fingerprint density at radius 1 is 0.955 bits per heavy atom. The number of ether oxygens (including phenoxy) is 1. The minimum absolute atomic E-state index is 0.457. The molecule has 0 fully saturated rings. The molecule has 0 amide bonds. The average molecular weight is 420 g/mol. The summed E-state index contributed by atoms with van der Waals surface area (Å²) in [5.74, 6) is 0.693. The molecular formula is C18H12Br2O2. The average Bonchev–Trinajstić information content (AvgIpc) is 2.54. The number of hydrogen-bond acceptors (Lipinski definition) is 2. The molecule has 3 rings (SSSR count). The van der Waals surface area contributed by atoms with E-state index in [4.69, 9.17) is 4.74 Å². The van der Waals surface area contributed by atoms with Crippen molar-refractivity contribution in [2.75, 3.05) is 0 Å². The second kappa shape index (κ2) is 6.63. The predicted molar refractivity (Wildman–Crippen MR) is 95.5 cm³/mol. The first-order valence-electron chi connectivity index (χ1n) is 6.72. The van der Waals surface area contributed by atoms with Crippen LogP contribution in [0.5, 0.6) is 5.75 Å². The molecule has 0 atom stereocenters. The largest absolute Gasteiger partial charge is 0.487 e. The minimum atomic E-state index is 0.457. The number of halogens is 2. The van der Waals surface area contributed by atoms with Crippen molar-refractivity contribution in [2.45, 2.75) is 6.61 Å². The lowest BCUT2D eigenvalue weighted by Gasteiger charge is -2.12. The predicted octanol–water partition coefficient (Wildman–Crippen LogP) is 5.76. The fourth-order valence-corrected chi connectivity index (χ4v) is 3.80. The molecule has 0 radical (unpaired) electrons. The van der Waals surface area contributed by atoms with Crippen LogP contribution in [0.25, 0.3) is 10.8 Å². The van der Waals surface area contributed by atoms with Gasteiger partial charge in [0.25, 0.3) is 0 Å². The summed E-state index contributed by atoms with van der Waals surface area (Å²) < 4.78 is 7.46. The highest BCUT2D eigenvalue weighted by molar-refractivity contribution is 9.11. The maximum atomic E-state index is 10.9. The molecule has 110 valence electrons. The van der Waals surface area contributed by atoms with Gasteiger partial charge >= 0.3 is 0 Å². The van der Waals surface area contributed by atoms with Gasteiger partial charge in [0, 0.05) is 5.56 Å². The Kier molecular flexibility index (Phi) is 4.60. The van der Waals surface area contributed by atoms with Crippen LogP contribution in [-0.2, 0) is 6.61 Å². The Morgan fingerprint density at radius 2 is 1.64 bits per heavy atom. The molecule has 0 heterocycles. The molecule has 4 heteroatoms. The summed E-state index contributed by atoms with van der Waals surface area (Å²) in [7, 11) is 0. The third kappa shape index (κ3) is 3.08. The smallest absolute Gasteiger partial charge is 0.150 e. The van der Waals surface area contributed by atoms with Crippen LogP contribution in [0.15, 0.2) is 63.5 Å². The van der Waals surface area contributed by atoms with Gasteiger partial charge in [-0.2, -0.15) is 0 Å². The first-order valence-corrected chi connectivity index (χ1v) is 8.31. The van der Waals surface area contributed by atoms with Crippen molar-refractivity contribution >= 4 is 48.9 Å². The highest BCUT2D eigenvalue weighted by Crippen LogP contribution is 2.35. The molecule has 0 N–H and O–H groups in total. The molecule has 22 heavy (non-hydrogen) atoms. The van der Waals surface area contributed by atoms with Crippen molar-refractivity contribution in [2.24, 2.45) is 0 Å². The van der Waals surface area contributed by atoms with Crippen LogP contribution in [0, 0.1) is 0 Å². The van der Waals surface area contributed by atoms with Gasteiger partial charge in [-0.1, -0.05) is 42.5 Å². The van der Waals surface area contributed by atoms with Gasteiger partial charge < -0.3 is 4.74 Å². The van der Waals surface area contributed by atoms with Crippen molar-refractivity contribution in [3.63, 3.8) is 0 Å². The molecule has 0 spiro atoms. The first kappa shape index (κ1) is 15.3. The number of fused-ring (bicyclic) bond motifs is 1. The molecule has 0 saturated heterocycles. The molecular weight excluding hydrogens is 408 g/mol. The van der Waals surface area contributed by atoms with Crippen molar-refractivity contribution in [3.05, 3.63) is 74.7 Å². The number of aldehydes is 1. The van der Waals surface area contributed by atoms with Gasteiger partial charge in [0.1, 0.15) is 18.6 Å². The van der Waals surface area contributed by atoms with E-state index < -0.39 is 0 Å². The van der Waals surface area contributed by atoms with E-state index in [9.17, 15) is 4.79 Å². The van der Waals surface area contributed by atoms with Gasteiger partial charge in [0.2, 0.25) is 0 Å². The van der Waals surface area contributed by atoms with Gasteiger partial charge in [-0.05, 0) is 60.3 Å². The number of carbonyl (C=O) groups is 1. The second-order valence-corrected chi connectivity index (χ2v) is 6.57. The van der Waals surface area contributed by atoms with Crippen LogP contribution in [0.2, 0.25) is 0 Å². The molecule has 2 nitrogen and oxygen atoms in total. The second-order valence-electron chi connectivity index (χ2n) is 4.86. The van der Waals surface area contributed by atoms with Gasteiger partial charge in [-0.15, -0.1) is 0 Å². The Hall–Kier alpha value is -1.65. The number of hydrogen-bond donors (Lipinski definition) is 0. The Balaban J connectivity index is 1.90. The van der Waals surface area contributed by atoms with Crippen molar-refractivity contribution in [1.82, 2.24) is 0 Å². The topological polar surface area (TPSA) is 26.3 Å². The molecule has 3 aromatic carbocycles. The van der Waals surface area contributed by atoms with Crippen LogP contribution >= 0.6 is 31.9 Å². The zero-order valence-electron chi connectivity index (χ0n) is 11.6. The van der Waals surface area contributed by atoms with Gasteiger partial charge in [0.15, 0.2) is 0 Å². The summed E-state index contributed by atoms with van der Waals surface area (Å²) in [5.41, 5.74) is 1.72. The first-order chi connectivity index (χ1) is 10.7. The summed E-state index contributed by atoms with van der Waals surface area (Å²) in [6.07, 6.45) is 0.810. The fraction of sp³-hybridized carbons (Fsp3) is 0.0556. The standard InChI is InChI=1S/C18H12Br2O2/c19-16-8-12(10-21)9-17(20)18(16)22-11-14-6-3-5-13-4-1-2-7-15(13)14/h1-10H,11H2. The molecule has 0 aromatic heterocycles. The number of benzene rings is 3. The van der Waals surface area contributed by atoms with E-state index in [1.807, 2.05) is 18.2 Å². The zero-order chi connectivity index (χ0) is 15.5. The maximum absolute atomic E-state index is 10.9. The van der Waals surface area contributed by atoms with E-state index >= 15 is 0 Å². The van der Waals surface area contributed by atoms with Crippen LogP contribution in [0.3, 0.4) is 0 Å². The fourth-order valence-electron chi connectivity index (χ4n) is 2.35. The molecule has 0 aliphatic heterocycles. The summed E-state index contributed by atoms with van der Waals surface area (Å²) in [6, 6.07) is 17.9. The SMILES string of the molecule is O=Cc1cc(Br)c(OCc2cccc3ccccc23)c(Br)c1. The Bertz CT molecular complexity index is 815. The highest BCUT2D eigenvalue weighted by atomic mass is 79.9. The molecule has 0 aliphatic carbocycles. The Labute approximate surface area is 145 Å². The van der Waals surface area contributed by atoms with Gasteiger partial charge in [0.05, 0.1) is 8.95 Å². The monoisotopic (exact) mass is 418 g/mol. The number of rotatable bonds is 4. The van der Waals surface area contributed by atoms with Crippen LogP contribution in [-0.4, -0.2) is 6.29 Å². The lowest BCUT2D eigenvalue weighted by molar-refractivity contribution is 0.112. The molecule has 0 saturated carbocycles. The third-order valence-corrected chi connectivity index (χ3v) is 4.59. The minimum Gasteiger partial charge on any atom is -0.487 e. The van der Waals surface area contributed by atoms with Crippen molar-refractivity contribution < 1.29 is 9.53 Å². The Morgan fingerprint density at radius 3 is 2.36 bits per heavy atom. The van der Waals surface area contributed by atoms with Gasteiger partial charge in [-0.25, -0.2) is 0 Å². The lowest BCUT2D eigenvalue weighted by Crippen LogP contribution is -1.98. The van der Waals surface area contributed by atoms with E-state index in [1.165, 1.54) is 10.8 Å². The van der Waals surface area contributed by atoms with E-state index in [0.29, 0.717) is 17.9 Å². The highest BCUT2D eigenvalue weighted by Gasteiger charge is 2.10. The number of carbonyl (C=O) groups excluding carboxylic acids is 1. The van der Waals surface area contributed by atoms with Crippen LogP contribution < -0.4 is 4.74 Å². The molecule has 0 unspecified atom stereocenters. The summed E-state index contributed by atoms with van der Waals surface area (Å²) in [4.78, 5) is 10.9. The summed E-state index contributed by atoms with van der Waals surface area (Å²) in [6.45, 7) is 0.457. The zero-order valence-corrected chi connectivity index (χ0v) is 14.7. The van der Waals surface area contributed by atoms with Crippen molar-refractivity contribution in [1.29, 1.82) is 0 Å². The van der Waals surface area contributed by atoms with Gasteiger partial charge in [-0.3, -0.25) is 4.79 Å². The molecule has 3 aromatic rings. The summed E-state index contributed by atoms with van der Waals surface area (Å²) >= 11 is 6.90. The van der Waals surface area contributed by atoms with Crippen LogP contribution in [0.1, 0.15) is 15.9 Å². The van der Waals surface area contributed by atoms with E-state index in [1.54, 1.807) is 12.1 Å². The van der Waals surface area contributed by atoms with E-state index in [-0.39, 0.29) is 0 Å². The normalized spacial score (nSPS) is 10.6. The molecule has 0 bridgehead atoms. The maximum Gasteiger partial charge on any atom is 0.150 e. The van der Waals surface area contributed by atoms with Crippen LogP contribution in [0.4, 0.5) is 0 Å².